The van der Waals surface area contributed by atoms with Gasteiger partial charge >= 0.3 is 0 Å². The van der Waals surface area contributed by atoms with Gasteiger partial charge in [-0.25, -0.2) is 0 Å². The third kappa shape index (κ3) is 5.50. The zero-order valence-electron chi connectivity index (χ0n) is 14.8. The fraction of sp³-hybridized carbons (Fsp3) is 0.632. The third-order valence-corrected chi connectivity index (χ3v) is 5.17. The van der Waals surface area contributed by atoms with Crippen LogP contribution >= 0.6 is 12.4 Å². The van der Waals surface area contributed by atoms with Crippen LogP contribution in [-0.4, -0.2) is 30.9 Å². The minimum atomic E-state index is 0. The van der Waals surface area contributed by atoms with E-state index >= 15 is 0 Å². The second kappa shape index (κ2) is 9.29. The molecule has 3 unspecified atom stereocenters. The van der Waals surface area contributed by atoms with Gasteiger partial charge in [0, 0.05) is 13.5 Å². The molecule has 3 nitrogen and oxygen atoms in total. The van der Waals surface area contributed by atoms with Crippen molar-refractivity contribution >= 4 is 18.3 Å². The molecule has 130 valence electrons. The molecule has 1 aromatic carbocycles. The summed E-state index contributed by atoms with van der Waals surface area (Å²) in [6, 6.07) is 8.60. The Hall–Kier alpha value is -1.06. The van der Waals surface area contributed by atoms with Crippen LogP contribution in [0.15, 0.2) is 24.3 Å². The summed E-state index contributed by atoms with van der Waals surface area (Å²) in [4.78, 5) is 14.5. The molecular formula is C19H31ClN2O. The van der Waals surface area contributed by atoms with Gasteiger partial charge < -0.3 is 10.2 Å². The fourth-order valence-corrected chi connectivity index (χ4v) is 3.24. The van der Waals surface area contributed by atoms with Crippen molar-refractivity contribution in [3.8, 4) is 0 Å². The number of carbonyl (C=O) groups is 1. The molecule has 2 rings (SSSR count). The highest BCUT2D eigenvalue weighted by Crippen LogP contribution is 2.25. The number of rotatable bonds is 5. The van der Waals surface area contributed by atoms with Crippen molar-refractivity contribution in [1.29, 1.82) is 0 Å². The van der Waals surface area contributed by atoms with Crippen LogP contribution in [0.1, 0.15) is 50.3 Å². The van der Waals surface area contributed by atoms with E-state index in [4.69, 9.17) is 0 Å². The first-order valence-electron chi connectivity index (χ1n) is 8.52. The molecule has 1 N–H and O–H groups in total. The average Bonchev–Trinajstić information content (AvgIpc) is 2.55. The van der Waals surface area contributed by atoms with E-state index < -0.39 is 0 Å². The maximum atomic E-state index is 12.6. The number of hydrogen-bond donors (Lipinski definition) is 1. The minimum Gasteiger partial charge on any atom is -0.339 e. The summed E-state index contributed by atoms with van der Waals surface area (Å²) in [7, 11) is 1.93. The summed E-state index contributed by atoms with van der Waals surface area (Å²) in [5.74, 6) is 1.35. The predicted molar refractivity (Wildman–Crippen MR) is 99.0 cm³/mol. The smallest absolute Gasteiger partial charge is 0.223 e. The lowest BCUT2D eigenvalue weighted by atomic mass is 9.85. The van der Waals surface area contributed by atoms with Crippen molar-refractivity contribution in [3.63, 3.8) is 0 Å². The third-order valence-electron chi connectivity index (χ3n) is 5.17. The molecule has 1 amide bonds. The minimum absolute atomic E-state index is 0. The molecule has 1 fully saturated rings. The second-order valence-corrected chi connectivity index (χ2v) is 6.88. The van der Waals surface area contributed by atoms with Crippen LogP contribution in [0.2, 0.25) is 0 Å². The molecule has 0 bridgehead atoms. The van der Waals surface area contributed by atoms with Crippen molar-refractivity contribution in [1.82, 2.24) is 10.2 Å². The lowest BCUT2D eigenvalue weighted by Gasteiger charge is -2.31. The molecule has 0 aliphatic carbocycles. The molecule has 0 spiro atoms. The van der Waals surface area contributed by atoms with Crippen molar-refractivity contribution in [2.45, 2.75) is 46.1 Å². The van der Waals surface area contributed by atoms with E-state index in [0.29, 0.717) is 18.3 Å². The first kappa shape index (κ1) is 20.0. The summed E-state index contributed by atoms with van der Waals surface area (Å²) in [6.45, 7) is 8.60. The molecule has 1 saturated heterocycles. The lowest BCUT2D eigenvalue weighted by Crippen LogP contribution is -2.36. The fourth-order valence-electron chi connectivity index (χ4n) is 3.24. The largest absolute Gasteiger partial charge is 0.339 e. The van der Waals surface area contributed by atoms with Gasteiger partial charge in [0.2, 0.25) is 5.91 Å². The molecule has 1 aliphatic rings. The van der Waals surface area contributed by atoms with Crippen LogP contribution in [0.4, 0.5) is 0 Å². The van der Waals surface area contributed by atoms with Crippen molar-refractivity contribution in [2.24, 2.45) is 11.8 Å². The molecule has 0 radical (unpaired) electrons. The zero-order chi connectivity index (χ0) is 16.1. The predicted octanol–water partition coefficient (Wildman–Crippen LogP) is 3.96. The normalized spacial score (nSPS) is 20.3. The van der Waals surface area contributed by atoms with Crippen LogP contribution < -0.4 is 5.32 Å². The molecule has 0 aromatic heterocycles. The Morgan fingerprint density at radius 1 is 1.30 bits per heavy atom. The van der Waals surface area contributed by atoms with Gasteiger partial charge in [0.15, 0.2) is 0 Å². The van der Waals surface area contributed by atoms with Crippen molar-refractivity contribution in [2.75, 3.05) is 20.1 Å². The highest BCUT2D eigenvalue weighted by molar-refractivity contribution is 5.85. The summed E-state index contributed by atoms with van der Waals surface area (Å²) in [6.07, 6.45) is 3.14. The lowest BCUT2D eigenvalue weighted by molar-refractivity contribution is -0.133. The number of piperidine rings is 1. The van der Waals surface area contributed by atoms with Gasteiger partial charge in [-0.05, 0) is 57.2 Å². The summed E-state index contributed by atoms with van der Waals surface area (Å²) in [5, 5.41) is 3.45. The molecule has 3 atom stereocenters. The van der Waals surface area contributed by atoms with E-state index in [1.165, 1.54) is 24.0 Å². The number of amides is 1. The maximum Gasteiger partial charge on any atom is 0.223 e. The number of halogens is 1. The van der Waals surface area contributed by atoms with Gasteiger partial charge in [-0.15, -0.1) is 12.4 Å². The van der Waals surface area contributed by atoms with Crippen LogP contribution in [0.25, 0.3) is 0 Å². The van der Waals surface area contributed by atoms with E-state index in [0.717, 1.165) is 13.1 Å². The Balaban J connectivity index is 0.00000264. The van der Waals surface area contributed by atoms with E-state index in [1.807, 2.05) is 11.9 Å². The van der Waals surface area contributed by atoms with Crippen LogP contribution in [0.3, 0.4) is 0 Å². The quantitative estimate of drug-likeness (QED) is 0.881. The molecule has 1 heterocycles. The highest BCUT2D eigenvalue weighted by Gasteiger charge is 2.25. The standard InChI is InChI=1S/C19H30N2O.ClH/c1-14-7-9-17(10-8-14)16(3)21(4)19(22)12-15(2)18-6-5-11-20-13-18;/h7-10,15-16,18,20H,5-6,11-13H2,1-4H3;1H. The maximum absolute atomic E-state index is 12.6. The van der Waals surface area contributed by atoms with E-state index in [-0.39, 0.29) is 24.4 Å². The first-order valence-corrected chi connectivity index (χ1v) is 8.52. The summed E-state index contributed by atoms with van der Waals surface area (Å²) in [5.41, 5.74) is 2.46. The SMILES string of the molecule is Cc1ccc(C(C)N(C)C(=O)CC(C)C2CCCNC2)cc1.Cl. The number of hydrogen-bond acceptors (Lipinski definition) is 2. The van der Waals surface area contributed by atoms with Gasteiger partial charge in [-0.2, -0.15) is 0 Å². The highest BCUT2D eigenvalue weighted by atomic mass is 35.5. The van der Waals surface area contributed by atoms with Crippen LogP contribution in [0, 0.1) is 18.8 Å². The van der Waals surface area contributed by atoms with Crippen molar-refractivity contribution in [3.05, 3.63) is 35.4 Å². The zero-order valence-corrected chi connectivity index (χ0v) is 15.7. The summed E-state index contributed by atoms with van der Waals surface area (Å²) >= 11 is 0. The van der Waals surface area contributed by atoms with Gasteiger partial charge in [0.1, 0.15) is 0 Å². The molecule has 1 aliphatic heterocycles. The van der Waals surface area contributed by atoms with Gasteiger partial charge in [-0.3, -0.25) is 4.79 Å². The van der Waals surface area contributed by atoms with Gasteiger partial charge in [0.05, 0.1) is 6.04 Å². The molecule has 23 heavy (non-hydrogen) atoms. The van der Waals surface area contributed by atoms with Crippen molar-refractivity contribution < 1.29 is 4.79 Å². The van der Waals surface area contributed by atoms with E-state index in [9.17, 15) is 4.79 Å². The Morgan fingerprint density at radius 3 is 2.52 bits per heavy atom. The number of nitrogens with zero attached hydrogens (tertiary/aromatic N) is 1. The van der Waals surface area contributed by atoms with Gasteiger partial charge in [0.25, 0.3) is 0 Å². The Labute approximate surface area is 147 Å². The number of benzene rings is 1. The van der Waals surface area contributed by atoms with E-state index in [2.05, 4.69) is 50.4 Å². The molecule has 1 aromatic rings. The first-order chi connectivity index (χ1) is 10.5. The molecule has 4 heteroatoms. The number of carbonyl (C=O) groups excluding carboxylic acids is 1. The Bertz CT molecular complexity index is 483. The molecular weight excluding hydrogens is 308 g/mol. The Morgan fingerprint density at radius 2 is 1.96 bits per heavy atom. The topological polar surface area (TPSA) is 32.3 Å². The average molecular weight is 339 g/mol. The second-order valence-electron chi connectivity index (χ2n) is 6.88. The number of nitrogens with one attached hydrogen (secondary N) is 1. The summed E-state index contributed by atoms with van der Waals surface area (Å²) < 4.78 is 0. The monoisotopic (exact) mass is 338 g/mol. The Kier molecular flexibility index (Phi) is 8.07. The number of aryl methyl sites for hydroxylation is 1. The van der Waals surface area contributed by atoms with Crippen LogP contribution in [-0.2, 0) is 4.79 Å². The molecule has 0 saturated carbocycles. The van der Waals surface area contributed by atoms with Crippen LogP contribution in [0.5, 0.6) is 0 Å². The van der Waals surface area contributed by atoms with E-state index in [1.54, 1.807) is 0 Å². The van der Waals surface area contributed by atoms with Gasteiger partial charge in [-0.1, -0.05) is 36.8 Å².